The summed E-state index contributed by atoms with van der Waals surface area (Å²) in [6.07, 6.45) is 7.47. The molecule has 82 valence electrons. The number of nitrogens with one attached hydrogen (secondary N) is 1. The summed E-state index contributed by atoms with van der Waals surface area (Å²) in [6, 6.07) is 0. The number of nitrogens with zero attached hydrogens (tertiary/aromatic N) is 1. The fraction of sp³-hybridized carbons (Fsp3) is 0.833. The quantitative estimate of drug-likeness (QED) is 0.675. The molecule has 0 spiro atoms. The Bertz CT molecular complexity index is 148. The maximum atomic E-state index is 3.76. The molecule has 0 aromatic rings. The van der Waals surface area contributed by atoms with Crippen molar-refractivity contribution in [2.75, 3.05) is 33.2 Å². The molecule has 2 nitrogen and oxygen atoms in total. The molecule has 0 aromatic heterocycles. The molecule has 1 aliphatic rings. The van der Waals surface area contributed by atoms with Crippen molar-refractivity contribution in [3.63, 3.8) is 0 Å². The first-order valence-electron chi connectivity index (χ1n) is 5.83. The molecule has 0 radical (unpaired) electrons. The number of hydrogen-bond acceptors (Lipinski definition) is 2. The van der Waals surface area contributed by atoms with E-state index in [0.29, 0.717) is 0 Å². The zero-order valence-electron chi connectivity index (χ0n) is 9.47. The van der Waals surface area contributed by atoms with E-state index in [-0.39, 0.29) is 0 Å². The molecule has 0 aromatic carbocycles. The van der Waals surface area contributed by atoms with Gasteiger partial charge in [0.2, 0.25) is 0 Å². The summed E-state index contributed by atoms with van der Waals surface area (Å²) in [5.41, 5.74) is 0. The predicted molar refractivity (Wildman–Crippen MR) is 62.5 cm³/mol. The number of hydrogen-bond donors (Lipinski definition) is 1. The first kappa shape index (κ1) is 11.7. The van der Waals surface area contributed by atoms with E-state index in [2.05, 4.69) is 23.8 Å². The molecule has 1 N–H and O–H groups in total. The van der Waals surface area contributed by atoms with E-state index in [0.717, 1.165) is 12.5 Å². The van der Waals surface area contributed by atoms with Crippen molar-refractivity contribution in [1.82, 2.24) is 10.2 Å². The van der Waals surface area contributed by atoms with Gasteiger partial charge in [0.05, 0.1) is 0 Å². The van der Waals surface area contributed by atoms with Crippen molar-refractivity contribution in [2.24, 2.45) is 5.92 Å². The lowest BCUT2D eigenvalue weighted by Crippen LogP contribution is -2.22. The molecule has 0 bridgehead atoms. The van der Waals surface area contributed by atoms with Crippen LogP contribution >= 0.6 is 0 Å². The second-order valence-electron chi connectivity index (χ2n) is 4.39. The lowest BCUT2D eigenvalue weighted by atomic mass is 9.97. The van der Waals surface area contributed by atoms with Gasteiger partial charge in [-0.2, -0.15) is 0 Å². The fourth-order valence-electron chi connectivity index (χ4n) is 2.09. The van der Waals surface area contributed by atoms with Crippen LogP contribution in [0.4, 0.5) is 0 Å². The van der Waals surface area contributed by atoms with Crippen LogP contribution in [-0.4, -0.2) is 38.1 Å². The van der Waals surface area contributed by atoms with E-state index in [9.17, 15) is 0 Å². The van der Waals surface area contributed by atoms with Crippen LogP contribution in [0.1, 0.15) is 25.7 Å². The van der Waals surface area contributed by atoms with Gasteiger partial charge in [0, 0.05) is 6.54 Å². The standard InChI is InChI=1S/C12H24N2/c1-3-10-14(2)11-7-12-5-4-8-13-9-6-12/h3,12-13H,1,4-11H2,2H3. The van der Waals surface area contributed by atoms with Gasteiger partial charge in [-0.15, -0.1) is 6.58 Å². The summed E-state index contributed by atoms with van der Waals surface area (Å²) in [5, 5.41) is 3.46. The minimum atomic E-state index is 0.942. The molecule has 1 saturated heterocycles. The molecule has 1 aliphatic heterocycles. The fourth-order valence-corrected chi connectivity index (χ4v) is 2.09. The minimum Gasteiger partial charge on any atom is -0.317 e. The third kappa shape index (κ3) is 4.77. The van der Waals surface area contributed by atoms with E-state index < -0.39 is 0 Å². The Balaban J connectivity index is 2.12. The van der Waals surface area contributed by atoms with Crippen molar-refractivity contribution in [1.29, 1.82) is 0 Å². The normalized spacial score (nSPS) is 23.4. The largest absolute Gasteiger partial charge is 0.317 e. The van der Waals surface area contributed by atoms with Gasteiger partial charge in [0.15, 0.2) is 0 Å². The van der Waals surface area contributed by atoms with Crippen molar-refractivity contribution in [3.8, 4) is 0 Å². The second-order valence-corrected chi connectivity index (χ2v) is 4.39. The summed E-state index contributed by atoms with van der Waals surface area (Å²) < 4.78 is 0. The number of likely N-dealkylation sites (N-methyl/N-ethyl adjacent to an activating group) is 1. The lowest BCUT2D eigenvalue weighted by Gasteiger charge is -2.19. The Kier molecular flexibility index (Phi) is 5.88. The first-order valence-corrected chi connectivity index (χ1v) is 5.83. The Hall–Kier alpha value is -0.340. The molecule has 14 heavy (non-hydrogen) atoms. The van der Waals surface area contributed by atoms with Crippen LogP contribution in [0.15, 0.2) is 12.7 Å². The molecule has 2 heteroatoms. The van der Waals surface area contributed by atoms with Gasteiger partial charge in [0.25, 0.3) is 0 Å². The summed E-state index contributed by atoms with van der Waals surface area (Å²) >= 11 is 0. The van der Waals surface area contributed by atoms with E-state index in [1.165, 1.54) is 45.3 Å². The minimum absolute atomic E-state index is 0.942. The van der Waals surface area contributed by atoms with E-state index >= 15 is 0 Å². The van der Waals surface area contributed by atoms with Crippen molar-refractivity contribution in [3.05, 3.63) is 12.7 Å². The highest BCUT2D eigenvalue weighted by molar-refractivity contribution is 4.73. The summed E-state index contributed by atoms with van der Waals surface area (Å²) in [7, 11) is 2.18. The third-order valence-electron chi connectivity index (χ3n) is 3.06. The summed E-state index contributed by atoms with van der Waals surface area (Å²) in [4.78, 5) is 2.35. The third-order valence-corrected chi connectivity index (χ3v) is 3.06. The smallest absolute Gasteiger partial charge is 0.0157 e. The highest BCUT2D eigenvalue weighted by Gasteiger charge is 2.11. The average Bonchev–Trinajstić information content (AvgIpc) is 2.43. The number of rotatable bonds is 5. The van der Waals surface area contributed by atoms with Gasteiger partial charge in [-0.1, -0.05) is 6.08 Å². The molecule has 1 rings (SSSR count). The van der Waals surface area contributed by atoms with Crippen LogP contribution in [0.2, 0.25) is 0 Å². The van der Waals surface area contributed by atoms with Gasteiger partial charge in [-0.05, 0) is 58.3 Å². The monoisotopic (exact) mass is 196 g/mol. The van der Waals surface area contributed by atoms with E-state index in [4.69, 9.17) is 0 Å². The van der Waals surface area contributed by atoms with E-state index in [1.54, 1.807) is 0 Å². The molecule has 0 amide bonds. The Labute approximate surface area is 88.4 Å². The molecule has 0 saturated carbocycles. The first-order chi connectivity index (χ1) is 6.83. The van der Waals surface area contributed by atoms with Crippen LogP contribution in [0.25, 0.3) is 0 Å². The predicted octanol–water partition coefficient (Wildman–Crippen LogP) is 1.88. The topological polar surface area (TPSA) is 15.3 Å². The van der Waals surface area contributed by atoms with Crippen LogP contribution in [0.5, 0.6) is 0 Å². The van der Waals surface area contributed by atoms with Crippen LogP contribution < -0.4 is 5.32 Å². The highest BCUT2D eigenvalue weighted by Crippen LogP contribution is 2.17. The summed E-state index contributed by atoms with van der Waals surface area (Å²) in [5.74, 6) is 0.942. The van der Waals surface area contributed by atoms with Crippen LogP contribution in [-0.2, 0) is 0 Å². The van der Waals surface area contributed by atoms with Crippen molar-refractivity contribution < 1.29 is 0 Å². The van der Waals surface area contributed by atoms with Gasteiger partial charge in [0.1, 0.15) is 0 Å². The summed E-state index contributed by atoms with van der Waals surface area (Å²) in [6.45, 7) is 8.44. The molecule has 1 heterocycles. The zero-order valence-corrected chi connectivity index (χ0v) is 9.47. The Morgan fingerprint density at radius 3 is 3.07 bits per heavy atom. The molecule has 1 fully saturated rings. The zero-order chi connectivity index (χ0) is 10.2. The Morgan fingerprint density at radius 1 is 1.43 bits per heavy atom. The Morgan fingerprint density at radius 2 is 2.29 bits per heavy atom. The van der Waals surface area contributed by atoms with Crippen LogP contribution in [0.3, 0.4) is 0 Å². The van der Waals surface area contributed by atoms with Gasteiger partial charge >= 0.3 is 0 Å². The van der Waals surface area contributed by atoms with Gasteiger partial charge < -0.3 is 10.2 Å². The molecule has 0 aliphatic carbocycles. The van der Waals surface area contributed by atoms with Crippen LogP contribution in [0, 0.1) is 5.92 Å². The average molecular weight is 196 g/mol. The SMILES string of the molecule is C=CCN(C)CCC1CCCNCC1. The second kappa shape index (κ2) is 7.02. The molecular formula is C12H24N2. The molecular weight excluding hydrogens is 172 g/mol. The lowest BCUT2D eigenvalue weighted by molar-refractivity contribution is 0.313. The molecule has 1 atom stereocenters. The maximum Gasteiger partial charge on any atom is 0.0157 e. The van der Waals surface area contributed by atoms with Gasteiger partial charge in [-0.25, -0.2) is 0 Å². The van der Waals surface area contributed by atoms with E-state index in [1.807, 2.05) is 6.08 Å². The van der Waals surface area contributed by atoms with Crippen molar-refractivity contribution in [2.45, 2.75) is 25.7 Å². The van der Waals surface area contributed by atoms with Crippen molar-refractivity contribution >= 4 is 0 Å². The highest BCUT2D eigenvalue weighted by atomic mass is 15.1. The molecule has 1 unspecified atom stereocenters. The maximum absolute atomic E-state index is 3.76. The van der Waals surface area contributed by atoms with Gasteiger partial charge in [-0.3, -0.25) is 0 Å².